The van der Waals surface area contributed by atoms with Crippen LogP contribution in [0.4, 0.5) is 0 Å². The van der Waals surface area contributed by atoms with E-state index in [2.05, 4.69) is 49.2 Å². The molecule has 24 heavy (non-hydrogen) atoms. The van der Waals surface area contributed by atoms with E-state index in [1.807, 2.05) is 6.20 Å². The molecule has 0 bridgehead atoms. The highest BCUT2D eigenvalue weighted by Gasteiger charge is 2.03. The summed E-state index contributed by atoms with van der Waals surface area (Å²) in [5.74, 6) is 0. The monoisotopic (exact) mass is 325 g/mol. The second-order valence-electron chi connectivity index (χ2n) is 7.16. The van der Waals surface area contributed by atoms with Crippen molar-refractivity contribution in [3.05, 3.63) is 47.7 Å². The van der Waals surface area contributed by atoms with Gasteiger partial charge in [-0.25, -0.2) is 0 Å². The first-order valence-electron chi connectivity index (χ1n) is 10.0. The molecule has 1 aromatic carbocycles. The van der Waals surface area contributed by atoms with Gasteiger partial charge in [-0.15, -0.1) is 0 Å². The van der Waals surface area contributed by atoms with Crippen LogP contribution in [-0.2, 0) is 6.42 Å². The maximum absolute atomic E-state index is 3.31. The molecule has 1 heterocycles. The van der Waals surface area contributed by atoms with E-state index in [0.29, 0.717) is 0 Å². The molecule has 0 atom stereocenters. The highest BCUT2D eigenvalue weighted by Crippen LogP contribution is 2.22. The predicted molar refractivity (Wildman–Crippen MR) is 107 cm³/mol. The van der Waals surface area contributed by atoms with Crippen LogP contribution in [0.15, 0.2) is 36.5 Å². The number of aromatic amines is 1. The van der Waals surface area contributed by atoms with E-state index < -0.39 is 0 Å². The zero-order valence-corrected chi connectivity index (χ0v) is 15.7. The number of hydrogen-bond acceptors (Lipinski definition) is 0. The molecule has 2 aromatic rings. The Morgan fingerprint density at radius 2 is 1.46 bits per heavy atom. The van der Waals surface area contributed by atoms with Gasteiger partial charge in [-0.1, -0.05) is 76.8 Å². The van der Waals surface area contributed by atoms with Crippen molar-refractivity contribution in [2.45, 2.75) is 84.5 Å². The molecule has 1 N–H and O–H groups in total. The number of hydrogen-bond donors (Lipinski definition) is 1. The minimum atomic E-state index is 1.22. The Balaban J connectivity index is 1.63. The van der Waals surface area contributed by atoms with Gasteiger partial charge in [-0.3, -0.25) is 0 Å². The fourth-order valence-corrected chi connectivity index (χ4v) is 3.42. The van der Waals surface area contributed by atoms with Gasteiger partial charge in [-0.05, 0) is 54.7 Å². The van der Waals surface area contributed by atoms with E-state index in [-0.39, 0.29) is 0 Å². The quantitative estimate of drug-likeness (QED) is 0.390. The van der Waals surface area contributed by atoms with Crippen molar-refractivity contribution in [1.29, 1.82) is 0 Å². The summed E-state index contributed by atoms with van der Waals surface area (Å²) in [6.45, 7) is 4.53. The van der Waals surface area contributed by atoms with Crippen molar-refractivity contribution >= 4 is 0 Å². The van der Waals surface area contributed by atoms with Gasteiger partial charge >= 0.3 is 0 Å². The van der Waals surface area contributed by atoms with Crippen LogP contribution < -0.4 is 0 Å². The average Bonchev–Trinajstić information content (AvgIpc) is 3.12. The van der Waals surface area contributed by atoms with Crippen molar-refractivity contribution in [3.8, 4) is 11.3 Å². The lowest BCUT2D eigenvalue weighted by Gasteiger charge is -2.09. The second-order valence-corrected chi connectivity index (χ2v) is 7.16. The zero-order chi connectivity index (χ0) is 17.0. The minimum absolute atomic E-state index is 1.22. The van der Waals surface area contributed by atoms with Crippen molar-refractivity contribution < 1.29 is 0 Å². The van der Waals surface area contributed by atoms with Crippen LogP contribution in [-0.4, -0.2) is 4.98 Å². The number of unbranched alkanes of at least 4 members (excludes halogenated alkanes) is 9. The number of nitrogens with one attached hydrogen (secondary N) is 1. The summed E-state index contributed by atoms with van der Waals surface area (Å²) in [5, 5.41) is 0. The molecule has 1 heteroatoms. The van der Waals surface area contributed by atoms with Gasteiger partial charge < -0.3 is 4.98 Å². The standard InChI is InChI=1S/C23H35N/c1-3-4-5-6-7-8-9-10-11-12-14-21-19-22(17-16-20(21)2)23-15-13-18-24-23/h13,15-19,24H,3-12,14H2,1-2H3. The molecule has 0 spiro atoms. The third-order valence-electron chi connectivity index (χ3n) is 5.06. The van der Waals surface area contributed by atoms with Crippen LogP contribution >= 0.6 is 0 Å². The van der Waals surface area contributed by atoms with Crippen LogP contribution in [0.5, 0.6) is 0 Å². The number of rotatable bonds is 12. The molecule has 2 rings (SSSR count). The Hall–Kier alpha value is -1.50. The second kappa shape index (κ2) is 11.1. The first-order chi connectivity index (χ1) is 11.8. The topological polar surface area (TPSA) is 15.8 Å². The molecule has 132 valence electrons. The van der Waals surface area contributed by atoms with E-state index in [1.165, 1.54) is 93.0 Å². The van der Waals surface area contributed by atoms with Crippen molar-refractivity contribution in [2.75, 3.05) is 0 Å². The first kappa shape index (κ1) is 18.8. The van der Waals surface area contributed by atoms with Gasteiger partial charge in [0.15, 0.2) is 0 Å². The summed E-state index contributed by atoms with van der Waals surface area (Å²) >= 11 is 0. The summed E-state index contributed by atoms with van der Waals surface area (Å²) in [7, 11) is 0. The van der Waals surface area contributed by atoms with Crippen molar-refractivity contribution in [1.82, 2.24) is 4.98 Å². The molecular weight excluding hydrogens is 290 g/mol. The molecule has 0 fully saturated rings. The lowest BCUT2D eigenvalue weighted by atomic mass is 9.98. The normalized spacial score (nSPS) is 11.1. The molecule has 0 radical (unpaired) electrons. The van der Waals surface area contributed by atoms with Gasteiger partial charge in [-0.2, -0.15) is 0 Å². The minimum Gasteiger partial charge on any atom is -0.361 e. The van der Waals surface area contributed by atoms with Gasteiger partial charge in [0.25, 0.3) is 0 Å². The van der Waals surface area contributed by atoms with Crippen molar-refractivity contribution in [3.63, 3.8) is 0 Å². The van der Waals surface area contributed by atoms with E-state index in [9.17, 15) is 0 Å². The van der Waals surface area contributed by atoms with Gasteiger partial charge in [0.05, 0.1) is 0 Å². The van der Waals surface area contributed by atoms with Gasteiger partial charge in [0.1, 0.15) is 0 Å². The molecule has 1 aromatic heterocycles. The molecular formula is C23H35N. The van der Waals surface area contributed by atoms with Crippen LogP contribution in [0.2, 0.25) is 0 Å². The Labute approximate surface area is 148 Å². The van der Waals surface area contributed by atoms with Crippen LogP contribution in [0.25, 0.3) is 11.3 Å². The van der Waals surface area contributed by atoms with E-state index >= 15 is 0 Å². The summed E-state index contributed by atoms with van der Waals surface area (Å²) in [5.41, 5.74) is 5.48. The molecule has 0 amide bonds. The molecule has 0 aliphatic rings. The maximum Gasteiger partial charge on any atom is 0.0453 e. The Morgan fingerprint density at radius 1 is 0.792 bits per heavy atom. The highest BCUT2D eigenvalue weighted by atomic mass is 14.7. The number of aromatic nitrogens is 1. The number of H-pyrrole nitrogens is 1. The first-order valence-corrected chi connectivity index (χ1v) is 10.0. The Morgan fingerprint density at radius 3 is 2.08 bits per heavy atom. The van der Waals surface area contributed by atoms with Crippen LogP contribution in [0, 0.1) is 6.92 Å². The molecule has 1 nitrogen and oxygen atoms in total. The molecule has 0 unspecified atom stereocenters. The van der Waals surface area contributed by atoms with E-state index in [0.717, 1.165) is 0 Å². The Bertz CT molecular complexity index is 553. The lowest BCUT2D eigenvalue weighted by Crippen LogP contribution is -1.92. The molecule has 0 aliphatic heterocycles. The van der Waals surface area contributed by atoms with Crippen LogP contribution in [0.3, 0.4) is 0 Å². The summed E-state index contributed by atoms with van der Waals surface area (Å²) in [4.78, 5) is 3.31. The maximum atomic E-state index is 3.31. The number of benzene rings is 1. The zero-order valence-electron chi connectivity index (χ0n) is 15.7. The third-order valence-corrected chi connectivity index (χ3v) is 5.06. The van der Waals surface area contributed by atoms with Crippen LogP contribution in [0.1, 0.15) is 82.3 Å². The molecule has 0 saturated carbocycles. The summed E-state index contributed by atoms with van der Waals surface area (Å²) < 4.78 is 0. The van der Waals surface area contributed by atoms with Crippen molar-refractivity contribution in [2.24, 2.45) is 0 Å². The third kappa shape index (κ3) is 6.55. The summed E-state index contributed by atoms with van der Waals surface area (Å²) in [6.07, 6.45) is 17.3. The summed E-state index contributed by atoms with van der Waals surface area (Å²) in [6, 6.07) is 11.1. The number of aryl methyl sites for hydroxylation is 2. The fourth-order valence-electron chi connectivity index (χ4n) is 3.42. The predicted octanol–water partition coefficient (Wildman–Crippen LogP) is 7.45. The van der Waals surface area contributed by atoms with E-state index in [4.69, 9.17) is 0 Å². The molecule has 0 aliphatic carbocycles. The SMILES string of the molecule is CCCCCCCCCCCCc1cc(-c2ccc[nH]2)ccc1C. The van der Waals surface area contributed by atoms with E-state index in [1.54, 1.807) is 0 Å². The van der Waals surface area contributed by atoms with Gasteiger partial charge in [0.2, 0.25) is 0 Å². The smallest absolute Gasteiger partial charge is 0.0453 e. The lowest BCUT2D eigenvalue weighted by molar-refractivity contribution is 0.556. The largest absolute Gasteiger partial charge is 0.361 e. The highest BCUT2D eigenvalue weighted by molar-refractivity contribution is 5.61. The average molecular weight is 326 g/mol. The fraction of sp³-hybridized carbons (Fsp3) is 0.565. The Kier molecular flexibility index (Phi) is 8.73. The molecule has 0 saturated heterocycles. The van der Waals surface area contributed by atoms with Gasteiger partial charge in [0, 0.05) is 11.9 Å².